The highest BCUT2D eigenvalue weighted by molar-refractivity contribution is 7.99. The first kappa shape index (κ1) is 21.9. The molecular weight excluding hydrogens is 360 g/mol. The molecule has 0 aromatic heterocycles. The Morgan fingerprint density at radius 2 is 2.00 bits per heavy atom. The SMILES string of the molecule is CCC[C@@H]1C[C@@H](C(=O)N[C@H](CO)[C@H]2OC(SC)[C@H](O)C(O)[C@@H]2O)N(C)C1. The van der Waals surface area contributed by atoms with E-state index in [1.807, 2.05) is 11.9 Å². The van der Waals surface area contributed by atoms with Crippen molar-refractivity contribution in [2.75, 3.05) is 26.5 Å². The van der Waals surface area contributed by atoms with Gasteiger partial charge in [-0.15, -0.1) is 11.8 Å². The van der Waals surface area contributed by atoms with Gasteiger partial charge in [0.2, 0.25) is 5.91 Å². The minimum atomic E-state index is -1.40. The standard InChI is InChI=1S/C17H32N2O6S/c1-4-5-9-6-11(19(2)7-9)16(24)18-10(8-20)15-13(22)12(21)14(23)17(25-15)26-3/h9-15,17,20-23H,4-8H2,1-3H3,(H,18,24)/t9-,10-,11+,12?,13+,14-,15-,17?/m1/s1. The van der Waals surface area contributed by atoms with Crippen molar-refractivity contribution in [2.45, 2.75) is 68.1 Å². The molecule has 0 saturated carbocycles. The van der Waals surface area contributed by atoms with Crippen LogP contribution < -0.4 is 5.32 Å². The van der Waals surface area contributed by atoms with Crippen LogP contribution in [0.3, 0.4) is 0 Å². The highest BCUT2D eigenvalue weighted by atomic mass is 32.2. The van der Waals surface area contributed by atoms with Crippen LogP contribution in [0.4, 0.5) is 0 Å². The monoisotopic (exact) mass is 392 g/mol. The number of carbonyl (C=O) groups is 1. The molecule has 0 aromatic rings. The Morgan fingerprint density at radius 3 is 2.58 bits per heavy atom. The molecule has 2 unspecified atom stereocenters. The Balaban J connectivity index is 2.02. The number of nitrogens with one attached hydrogen (secondary N) is 1. The van der Waals surface area contributed by atoms with Gasteiger partial charge in [-0.1, -0.05) is 13.3 Å². The second kappa shape index (κ2) is 9.68. The number of thioether (sulfide) groups is 1. The van der Waals surface area contributed by atoms with Gasteiger partial charge in [0.1, 0.15) is 29.9 Å². The number of rotatable bonds is 7. The van der Waals surface area contributed by atoms with Crippen LogP contribution >= 0.6 is 11.8 Å². The second-order valence-corrected chi connectivity index (χ2v) is 8.26. The molecule has 0 bridgehead atoms. The lowest BCUT2D eigenvalue weighted by Crippen LogP contribution is -2.64. The third kappa shape index (κ3) is 4.70. The van der Waals surface area contributed by atoms with E-state index < -0.39 is 42.5 Å². The summed E-state index contributed by atoms with van der Waals surface area (Å²) in [6.07, 6.45) is -0.424. The lowest BCUT2D eigenvalue weighted by molar-refractivity contribution is -0.207. The normalized spacial score (nSPS) is 39.7. The van der Waals surface area contributed by atoms with Crippen LogP contribution in [0.15, 0.2) is 0 Å². The van der Waals surface area contributed by atoms with Crippen molar-refractivity contribution in [1.29, 1.82) is 0 Å². The van der Waals surface area contributed by atoms with E-state index >= 15 is 0 Å². The molecule has 152 valence electrons. The van der Waals surface area contributed by atoms with Gasteiger partial charge in [-0.05, 0) is 32.1 Å². The topological polar surface area (TPSA) is 122 Å². The molecule has 1 amide bonds. The van der Waals surface area contributed by atoms with Crippen LogP contribution in [0.2, 0.25) is 0 Å². The zero-order valence-corrected chi connectivity index (χ0v) is 16.4. The summed E-state index contributed by atoms with van der Waals surface area (Å²) in [6, 6.07) is -1.15. The number of amides is 1. The molecule has 9 heteroatoms. The Kier molecular flexibility index (Phi) is 8.14. The van der Waals surface area contributed by atoms with E-state index in [1.165, 1.54) is 11.8 Å². The summed E-state index contributed by atoms with van der Waals surface area (Å²) in [5.41, 5.74) is -0.743. The molecule has 0 radical (unpaired) electrons. The predicted octanol–water partition coefficient (Wildman–Crippen LogP) is -1.25. The van der Waals surface area contributed by atoms with E-state index in [0.717, 1.165) is 25.8 Å². The Bertz CT molecular complexity index is 469. The van der Waals surface area contributed by atoms with Crippen molar-refractivity contribution in [3.05, 3.63) is 0 Å². The molecule has 2 aliphatic heterocycles. The first-order valence-electron chi connectivity index (χ1n) is 9.17. The van der Waals surface area contributed by atoms with Gasteiger partial charge in [-0.3, -0.25) is 9.69 Å². The van der Waals surface area contributed by atoms with E-state index in [-0.39, 0.29) is 11.9 Å². The van der Waals surface area contributed by atoms with Crippen molar-refractivity contribution in [3.63, 3.8) is 0 Å². The second-order valence-electron chi connectivity index (χ2n) is 7.32. The lowest BCUT2D eigenvalue weighted by atomic mass is 9.94. The van der Waals surface area contributed by atoms with Crippen LogP contribution in [0.25, 0.3) is 0 Å². The van der Waals surface area contributed by atoms with E-state index in [1.54, 1.807) is 6.26 Å². The maximum atomic E-state index is 12.7. The molecule has 5 N–H and O–H groups in total. The molecule has 8 atom stereocenters. The number of nitrogens with zero attached hydrogens (tertiary/aromatic N) is 1. The molecule has 8 nitrogen and oxygen atoms in total. The number of hydrogen-bond donors (Lipinski definition) is 5. The van der Waals surface area contributed by atoms with Crippen LogP contribution in [0.1, 0.15) is 26.2 Å². The minimum absolute atomic E-state index is 0.220. The number of aliphatic hydroxyl groups excluding tert-OH is 4. The van der Waals surface area contributed by atoms with E-state index in [9.17, 15) is 25.2 Å². The molecule has 2 aliphatic rings. The fourth-order valence-electron chi connectivity index (χ4n) is 3.94. The summed E-state index contributed by atoms with van der Waals surface area (Å²) < 4.78 is 5.65. The van der Waals surface area contributed by atoms with Gasteiger partial charge in [0.25, 0.3) is 0 Å². The summed E-state index contributed by atoms with van der Waals surface area (Å²) in [6.45, 7) is 2.54. The van der Waals surface area contributed by atoms with Crippen LogP contribution in [0, 0.1) is 5.92 Å². The highest BCUT2D eigenvalue weighted by Crippen LogP contribution is 2.29. The molecule has 0 aromatic carbocycles. The number of likely N-dealkylation sites (tertiary alicyclic amines) is 1. The Hall–Kier alpha value is -0.420. The summed E-state index contributed by atoms with van der Waals surface area (Å²) in [4.78, 5) is 14.7. The fourth-order valence-corrected chi connectivity index (χ4v) is 4.62. The predicted molar refractivity (Wildman–Crippen MR) is 98.6 cm³/mol. The van der Waals surface area contributed by atoms with Gasteiger partial charge >= 0.3 is 0 Å². The molecule has 2 fully saturated rings. The van der Waals surface area contributed by atoms with Gasteiger partial charge in [0, 0.05) is 6.54 Å². The smallest absolute Gasteiger partial charge is 0.237 e. The molecule has 0 spiro atoms. The van der Waals surface area contributed by atoms with Crippen molar-refractivity contribution >= 4 is 17.7 Å². The summed E-state index contributed by atoms with van der Waals surface area (Å²) in [5, 5.41) is 42.7. The number of likely N-dealkylation sites (N-methyl/N-ethyl adjacent to an activating group) is 1. The van der Waals surface area contributed by atoms with Gasteiger partial charge in [-0.2, -0.15) is 0 Å². The average molecular weight is 393 g/mol. The van der Waals surface area contributed by atoms with Crippen molar-refractivity contribution in [2.24, 2.45) is 5.92 Å². The summed E-state index contributed by atoms with van der Waals surface area (Å²) in [5.74, 6) is 0.255. The van der Waals surface area contributed by atoms with Gasteiger partial charge in [-0.25, -0.2) is 0 Å². The van der Waals surface area contributed by atoms with E-state index in [4.69, 9.17) is 4.74 Å². The summed E-state index contributed by atoms with van der Waals surface area (Å²) in [7, 11) is 1.91. The molecule has 2 saturated heterocycles. The first-order chi connectivity index (χ1) is 12.3. The third-order valence-electron chi connectivity index (χ3n) is 5.39. The number of aliphatic hydroxyl groups is 4. The molecular formula is C17H32N2O6S. The minimum Gasteiger partial charge on any atom is -0.394 e. The largest absolute Gasteiger partial charge is 0.394 e. The zero-order chi connectivity index (χ0) is 19.4. The number of hydrogen-bond acceptors (Lipinski definition) is 8. The lowest BCUT2D eigenvalue weighted by Gasteiger charge is -2.43. The molecule has 0 aliphatic carbocycles. The van der Waals surface area contributed by atoms with Crippen molar-refractivity contribution in [1.82, 2.24) is 10.2 Å². The van der Waals surface area contributed by atoms with Crippen LogP contribution in [-0.2, 0) is 9.53 Å². The van der Waals surface area contributed by atoms with Crippen molar-refractivity contribution < 1.29 is 30.0 Å². The maximum absolute atomic E-state index is 12.7. The third-order valence-corrected chi connectivity index (χ3v) is 6.25. The summed E-state index contributed by atoms with van der Waals surface area (Å²) >= 11 is 1.20. The van der Waals surface area contributed by atoms with Gasteiger partial charge in [0.15, 0.2) is 0 Å². The van der Waals surface area contributed by atoms with Crippen LogP contribution in [-0.4, -0.2) is 99.6 Å². The van der Waals surface area contributed by atoms with Gasteiger partial charge in [0.05, 0.1) is 18.7 Å². The zero-order valence-electron chi connectivity index (χ0n) is 15.6. The van der Waals surface area contributed by atoms with Gasteiger partial charge < -0.3 is 30.5 Å². The maximum Gasteiger partial charge on any atom is 0.237 e. The van der Waals surface area contributed by atoms with E-state index in [0.29, 0.717) is 5.92 Å². The fraction of sp³-hybridized carbons (Fsp3) is 0.941. The first-order valence-corrected chi connectivity index (χ1v) is 10.5. The molecule has 2 heterocycles. The number of carbonyl (C=O) groups excluding carboxylic acids is 1. The molecule has 2 rings (SSSR count). The van der Waals surface area contributed by atoms with E-state index in [2.05, 4.69) is 12.2 Å². The Morgan fingerprint density at radius 1 is 1.31 bits per heavy atom. The van der Waals surface area contributed by atoms with Crippen LogP contribution in [0.5, 0.6) is 0 Å². The average Bonchev–Trinajstić information content (AvgIpc) is 2.99. The quantitative estimate of drug-likeness (QED) is 0.364. The highest BCUT2D eigenvalue weighted by Gasteiger charge is 2.47. The molecule has 26 heavy (non-hydrogen) atoms. The van der Waals surface area contributed by atoms with Crippen molar-refractivity contribution in [3.8, 4) is 0 Å². The Labute approximate surface area is 158 Å². The number of ether oxygens (including phenoxy) is 1.